The van der Waals surface area contributed by atoms with Crippen molar-refractivity contribution in [1.29, 1.82) is 0 Å². The minimum atomic E-state index is -3.83. The Balaban J connectivity index is 1.56. The van der Waals surface area contributed by atoms with E-state index in [-0.39, 0.29) is 22.1 Å². The molecule has 0 saturated carbocycles. The zero-order chi connectivity index (χ0) is 28.9. The molecule has 3 aromatic heterocycles. The number of amides is 1. The monoisotopic (exact) mass is 581 g/mol. The van der Waals surface area contributed by atoms with E-state index in [1.807, 2.05) is 54.8 Å². The van der Waals surface area contributed by atoms with Crippen molar-refractivity contribution in [3.05, 3.63) is 85.7 Å². The highest BCUT2D eigenvalue weighted by Crippen LogP contribution is 2.31. The summed E-state index contributed by atoms with van der Waals surface area (Å²) in [5.74, 6) is -0.383. The molecular weight excluding hydrogens is 554 g/mol. The number of aryl methyl sites for hydroxylation is 2. The molecule has 1 aliphatic rings. The first kappa shape index (κ1) is 27.5. The maximum absolute atomic E-state index is 13.6. The number of nitrogens with one attached hydrogen (secondary N) is 2. The second-order valence-corrected chi connectivity index (χ2v) is 12.2. The third-order valence-electron chi connectivity index (χ3n) is 6.75. The average molecular weight is 582 g/mol. The molecule has 4 heterocycles. The van der Waals surface area contributed by atoms with Crippen LogP contribution in [0.1, 0.15) is 51.4 Å². The summed E-state index contributed by atoms with van der Waals surface area (Å²) >= 11 is 6.01. The summed E-state index contributed by atoms with van der Waals surface area (Å²) in [5.41, 5.74) is 5.21. The number of halogens is 1. The van der Waals surface area contributed by atoms with Crippen LogP contribution >= 0.6 is 11.6 Å². The summed E-state index contributed by atoms with van der Waals surface area (Å²) < 4.78 is 26.8. The lowest BCUT2D eigenvalue weighted by molar-refractivity contribution is 0.0977. The molecule has 11 nitrogen and oxygen atoms in total. The van der Waals surface area contributed by atoms with E-state index in [0.29, 0.717) is 29.9 Å². The highest BCUT2D eigenvalue weighted by molar-refractivity contribution is 7.89. The van der Waals surface area contributed by atoms with Gasteiger partial charge < -0.3 is 10.2 Å². The van der Waals surface area contributed by atoms with Gasteiger partial charge in [-0.15, -0.1) is 0 Å². The number of fused-ring (bicyclic) bond motifs is 2. The molecule has 0 saturated heterocycles. The molecule has 208 valence electrons. The maximum Gasteiger partial charge on any atom is 0.285 e. The van der Waals surface area contributed by atoms with E-state index >= 15 is 0 Å². The first-order chi connectivity index (χ1) is 18.8. The van der Waals surface area contributed by atoms with Crippen LogP contribution in [0.4, 0.5) is 11.6 Å². The zero-order valence-corrected chi connectivity index (χ0v) is 24.2. The quantitative estimate of drug-likeness (QED) is 0.328. The van der Waals surface area contributed by atoms with Crippen LogP contribution in [0.2, 0.25) is 5.15 Å². The van der Waals surface area contributed by atoms with Gasteiger partial charge in [0.25, 0.3) is 11.5 Å². The van der Waals surface area contributed by atoms with E-state index < -0.39 is 22.0 Å². The van der Waals surface area contributed by atoms with Crippen LogP contribution in [0.3, 0.4) is 0 Å². The predicted octanol–water partition coefficient (Wildman–Crippen LogP) is 3.38. The van der Waals surface area contributed by atoms with Crippen molar-refractivity contribution in [3.8, 4) is 0 Å². The Morgan fingerprint density at radius 1 is 1.10 bits per heavy atom. The van der Waals surface area contributed by atoms with Crippen molar-refractivity contribution in [3.63, 3.8) is 0 Å². The van der Waals surface area contributed by atoms with Gasteiger partial charge in [0.2, 0.25) is 16.0 Å². The Labute approximate surface area is 236 Å². The standard InChI is InChI=1S/C27H28ClN7O4S/c1-14-8-19(16(3)30-21-6-7-22(28)31-24(21)25(36)33-40(5,38)39)23-20(9-14)26(37)34(4)27(32-23)35-12-17-10-15(2)29-11-18(17)13-35/h6-11,16,30H,12-13H2,1-5H3,(H,33,36)/t16-/m1/s1. The SMILES string of the molecule is Cc1cc([C@@H](C)Nc2ccc(Cl)nc2C(=O)NS(C)(=O)=O)c2nc(N3Cc4cnc(C)cc4C3)n(C)c(=O)c2c1. The van der Waals surface area contributed by atoms with Gasteiger partial charge in [0.15, 0.2) is 5.69 Å². The van der Waals surface area contributed by atoms with Gasteiger partial charge in [0.05, 0.1) is 28.9 Å². The molecule has 5 rings (SSSR count). The lowest BCUT2D eigenvalue weighted by Crippen LogP contribution is -2.31. The van der Waals surface area contributed by atoms with Crippen molar-refractivity contribution in [1.82, 2.24) is 24.2 Å². The van der Waals surface area contributed by atoms with E-state index in [0.717, 1.165) is 34.2 Å². The number of nitrogens with zero attached hydrogens (tertiary/aromatic N) is 5. The number of carbonyl (C=O) groups is 1. The first-order valence-corrected chi connectivity index (χ1v) is 14.7. The van der Waals surface area contributed by atoms with Gasteiger partial charge in [0, 0.05) is 37.6 Å². The second kappa shape index (κ2) is 10.2. The Bertz CT molecular complexity index is 1860. The number of hydrogen-bond acceptors (Lipinski definition) is 9. The Hall–Kier alpha value is -4.03. The van der Waals surface area contributed by atoms with Gasteiger partial charge in [-0.25, -0.2) is 23.1 Å². The average Bonchev–Trinajstić information content (AvgIpc) is 3.28. The van der Waals surface area contributed by atoms with Gasteiger partial charge in [-0.2, -0.15) is 0 Å². The molecule has 13 heteroatoms. The van der Waals surface area contributed by atoms with E-state index in [1.54, 1.807) is 17.7 Å². The van der Waals surface area contributed by atoms with Crippen LogP contribution in [0, 0.1) is 13.8 Å². The highest BCUT2D eigenvalue weighted by Gasteiger charge is 2.26. The van der Waals surface area contributed by atoms with Crippen LogP contribution in [0.15, 0.2) is 41.3 Å². The van der Waals surface area contributed by atoms with Crippen molar-refractivity contribution < 1.29 is 13.2 Å². The lowest BCUT2D eigenvalue weighted by Gasteiger charge is -2.23. The fourth-order valence-electron chi connectivity index (χ4n) is 4.95. The zero-order valence-electron chi connectivity index (χ0n) is 22.6. The van der Waals surface area contributed by atoms with Gasteiger partial charge in [-0.05, 0) is 61.7 Å². The summed E-state index contributed by atoms with van der Waals surface area (Å²) in [4.78, 5) is 41.7. The number of carbonyl (C=O) groups excluding carboxylic acids is 1. The first-order valence-electron chi connectivity index (χ1n) is 12.5. The van der Waals surface area contributed by atoms with Crippen molar-refractivity contribution in [2.24, 2.45) is 7.05 Å². The molecule has 1 aromatic carbocycles. The summed E-state index contributed by atoms with van der Waals surface area (Å²) in [6.45, 7) is 6.89. The molecule has 0 spiro atoms. The Kier molecular flexibility index (Phi) is 7.01. The molecule has 0 bridgehead atoms. The molecule has 2 N–H and O–H groups in total. The third-order valence-corrected chi connectivity index (χ3v) is 7.52. The van der Waals surface area contributed by atoms with Gasteiger partial charge >= 0.3 is 0 Å². The summed E-state index contributed by atoms with van der Waals surface area (Å²) in [7, 11) is -2.11. The van der Waals surface area contributed by atoms with E-state index in [1.165, 1.54) is 6.07 Å². The molecule has 0 radical (unpaired) electrons. The molecule has 0 fully saturated rings. The fraction of sp³-hybridized carbons (Fsp3) is 0.296. The molecule has 1 amide bonds. The van der Waals surface area contributed by atoms with Gasteiger partial charge in [-0.1, -0.05) is 17.7 Å². The van der Waals surface area contributed by atoms with Gasteiger partial charge in [0.1, 0.15) is 5.15 Å². The maximum atomic E-state index is 13.6. The fourth-order valence-corrected chi connectivity index (χ4v) is 5.53. The van der Waals surface area contributed by atoms with E-state index in [9.17, 15) is 18.0 Å². The van der Waals surface area contributed by atoms with Crippen LogP contribution in [-0.4, -0.2) is 40.1 Å². The molecule has 40 heavy (non-hydrogen) atoms. The smallest absolute Gasteiger partial charge is 0.285 e. The molecule has 1 atom stereocenters. The van der Waals surface area contributed by atoms with Crippen molar-refractivity contribution >= 4 is 50.1 Å². The summed E-state index contributed by atoms with van der Waals surface area (Å²) in [6.07, 6.45) is 2.74. The number of aromatic nitrogens is 4. The molecular formula is C27H28ClN7O4S. The number of sulfonamides is 1. The highest BCUT2D eigenvalue weighted by atomic mass is 35.5. The lowest BCUT2D eigenvalue weighted by atomic mass is 10.0. The Morgan fingerprint density at radius 3 is 2.55 bits per heavy atom. The van der Waals surface area contributed by atoms with Crippen LogP contribution in [0.5, 0.6) is 0 Å². The van der Waals surface area contributed by atoms with Gasteiger partial charge in [-0.3, -0.25) is 19.1 Å². The molecule has 4 aromatic rings. The topological polar surface area (TPSA) is 139 Å². The molecule has 1 aliphatic heterocycles. The summed E-state index contributed by atoms with van der Waals surface area (Å²) in [5, 5.41) is 3.73. The van der Waals surface area contributed by atoms with Crippen LogP contribution in [-0.2, 0) is 30.2 Å². The third kappa shape index (κ3) is 5.36. The van der Waals surface area contributed by atoms with Crippen LogP contribution in [0.25, 0.3) is 10.9 Å². The van der Waals surface area contributed by atoms with Crippen molar-refractivity contribution in [2.45, 2.75) is 39.9 Å². The minimum Gasteiger partial charge on any atom is -0.377 e. The number of anilines is 2. The number of hydrogen-bond donors (Lipinski definition) is 2. The normalized spacial score (nSPS) is 13.8. The largest absolute Gasteiger partial charge is 0.377 e. The number of rotatable bonds is 6. The number of benzene rings is 1. The minimum absolute atomic E-state index is 0.0321. The predicted molar refractivity (Wildman–Crippen MR) is 154 cm³/mol. The van der Waals surface area contributed by atoms with E-state index in [4.69, 9.17) is 16.6 Å². The molecule has 0 unspecified atom stereocenters. The van der Waals surface area contributed by atoms with Crippen LogP contribution < -0.4 is 20.5 Å². The number of pyridine rings is 2. The second-order valence-electron chi connectivity index (χ2n) is 10.1. The molecule has 0 aliphatic carbocycles. The summed E-state index contributed by atoms with van der Waals surface area (Å²) in [6, 6.07) is 8.39. The Morgan fingerprint density at radius 2 is 1.82 bits per heavy atom. The van der Waals surface area contributed by atoms with Crippen molar-refractivity contribution in [2.75, 3.05) is 16.5 Å². The van der Waals surface area contributed by atoms with E-state index in [2.05, 4.69) is 15.3 Å².